The number of anilines is 1. The van der Waals surface area contributed by atoms with Crippen molar-refractivity contribution in [3.63, 3.8) is 0 Å². The van der Waals surface area contributed by atoms with E-state index in [4.69, 9.17) is 9.72 Å². The van der Waals surface area contributed by atoms with Crippen molar-refractivity contribution in [1.82, 2.24) is 19.9 Å². The number of pyridine rings is 1. The van der Waals surface area contributed by atoms with Crippen molar-refractivity contribution in [3.05, 3.63) is 29.7 Å². The highest BCUT2D eigenvalue weighted by molar-refractivity contribution is 7.98. The summed E-state index contributed by atoms with van der Waals surface area (Å²) in [5.41, 5.74) is 6.00. The molecule has 11 heteroatoms. The highest BCUT2D eigenvalue weighted by Gasteiger charge is 2.41. The third kappa shape index (κ3) is 8.11. The molecule has 0 radical (unpaired) electrons. The zero-order chi connectivity index (χ0) is 32.0. The van der Waals surface area contributed by atoms with E-state index in [1.165, 1.54) is 23.7 Å². The molecule has 2 aromatic rings. The van der Waals surface area contributed by atoms with Gasteiger partial charge in [0, 0.05) is 24.4 Å². The molecule has 0 fully saturated rings. The molecule has 0 aliphatic rings. The Morgan fingerprint density at radius 1 is 1.00 bits per heavy atom. The van der Waals surface area contributed by atoms with Gasteiger partial charge >= 0.3 is 6.09 Å². The van der Waals surface area contributed by atoms with Gasteiger partial charge in [0.25, 0.3) is 0 Å². The summed E-state index contributed by atoms with van der Waals surface area (Å²) in [5, 5.41) is 13.2. The number of nitrogens with zero attached hydrogens (tertiary/aromatic N) is 5. The predicted molar refractivity (Wildman–Crippen MR) is 172 cm³/mol. The van der Waals surface area contributed by atoms with Gasteiger partial charge in [0.15, 0.2) is 10.9 Å². The predicted octanol–water partition coefficient (Wildman–Crippen LogP) is 6.90. The van der Waals surface area contributed by atoms with Crippen LogP contribution in [0.3, 0.4) is 0 Å². The van der Waals surface area contributed by atoms with Gasteiger partial charge in [-0.05, 0) is 62.7 Å². The van der Waals surface area contributed by atoms with Crippen LogP contribution in [0.2, 0.25) is 16.6 Å². The highest BCUT2D eigenvalue weighted by atomic mass is 32.2. The first kappa shape index (κ1) is 34.8. The van der Waals surface area contributed by atoms with Gasteiger partial charge in [-0.3, -0.25) is 9.69 Å². The second-order valence-corrected chi connectivity index (χ2v) is 18.6. The van der Waals surface area contributed by atoms with E-state index in [-0.39, 0.29) is 11.5 Å². The molecule has 2 heterocycles. The number of nitrogens with one attached hydrogen (secondary N) is 1. The number of likely N-dealkylation sites (N-methyl/N-ethyl adjacent to an activating group) is 1. The van der Waals surface area contributed by atoms with Crippen molar-refractivity contribution in [2.45, 2.75) is 103 Å². The summed E-state index contributed by atoms with van der Waals surface area (Å²) >= 11 is 1.35. The van der Waals surface area contributed by atoms with Crippen LogP contribution in [-0.4, -0.2) is 64.9 Å². The van der Waals surface area contributed by atoms with Gasteiger partial charge < -0.3 is 10.1 Å². The summed E-state index contributed by atoms with van der Waals surface area (Å²) in [6, 6.07) is 4.78. The molecule has 1 atom stereocenters. The van der Waals surface area contributed by atoms with E-state index in [9.17, 15) is 14.9 Å². The monoisotopic (exact) mass is 608 g/mol. The minimum Gasteiger partial charge on any atom is -0.444 e. The Morgan fingerprint density at radius 2 is 1.60 bits per heavy atom. The fourth-order valence-corrected chi connectivity index (χ4v) is 10.6. The number of rotatable bonds is 8. The minimum atomic E-state index is -2.13. The molecule has 1 N–H and O–H groups in total. The van der Waals surface area contributed by atoms with E-state index in [1.54, 1.807) is 46.0 Å². The van der Waals surface area contributed by atoms with E-state index < -0.39 is 31.7 Å². The molecule has 2 aromatic heterocycles. The fourth-order valence-electron chi connectivity index (χ4n) is 5.09. The first-order valence-corrected chi connectivity index (χ1v) is 17.6. The van der Waals surface area contributed by atoms with Crippen LogP contribution in [0, 0.1) is 22.8 Å². The van der Waals surface area contributed by atoms with E-state index in [0.717, 1.165) is 0 Å². The number of hydrogen-bond acceptors (Lipinski definition) is 8. The Balaban J connectivity index is 2.64. The molecule has 42 heavy (non-hydrogen) atoms. The van der Waals surface area contributed by atoms with Crippen LogP contribution in [0.1, 0.15) is 80.6 Å². The lowest BCUT2D eigenvalue weighted by molar-refractivity contribution is -0.120. The number of hydrogen-bond donors (Lipinski definition) is 1. The average molecular weight is 609 g/mol. The highest BCUT2D eigenvalue weighted by Crippen LogP contribution is 2.41. The van der Waals surface area contributed by atoms with E-state index >= 15 is 0 Å². The molecule has 0 bridgehead atoms. The summed E-state index contributed by atoms with van der Waals surface area (Å²) in [4.78, 5) is 40.4. The lowest BCUT2D eigenvalue weighted by Crippen LogP contribution is -2.45. The Kier molecular flexibility index (Phi) is 11.7. The van der Waals surface area contributed by atoms with Crippen molar-refractivity contribution in [1.29, 1.82) is 5.26 Å². The molecular formula is C31H44N6O3SSi. The Labute approximate surface area is 256 Å². The van der Waals surface area contributed by atoms with Gasteiger partial charge in [0.05, 0.1) is 0 Å². The van der Waals surface area contributed by atoms with Crippen molar-refractivity contribution in [2.24, 2.45) is 0 Å². The van der Waals surface area contributed by atoms with Crippen LogP contribution in [0.5, 0.6) is 0 Å². The Bertz CT molecular complexity index is 1380. The number of aromatic nitrogens is 3. The number of nitriles is 1. The maximum Gasteiger partial charge on any atom is 0.410 e. The van der Waals surface area contributed by atoms with Gasteiger partial charge in [0.2, 0.25) is 5.91 Å². The molecule has 0 aliphatic carbocycles. The first-order valence-electron chi connectivity index (χ1n) is 14.1. The number of ether oxygens (including phenoxy) is 1. The Morgan fingerprint density at radius 3 is 2.10 bits per heavy atom. The summed E-state index contributed by atoms with van der Waals surface area (Å²) in [5.74, 6) is 3.23. The standard InChI is InChI=1S/C31H44N6O3SSi/c1-19(2)42(20(3)4,21(5)6)16-15-25-23(24-18-33-29(41-12)35-26(24)17-32)13-14-27(34-25)36-28(38)22(7)37(11)30(39)40-31(8,9)10/h13-14,18-22H,1-12H3,(H,34,36,38). The first-order chi connectivity index (χ1) is 19.5. The van der Waals surface area contributed by atoms with Crippen molar-refractivity contribution in [2.75, 3.05) is 18.6 Å². The molecule has 0 saturated heterocycles. The second-order valence-electron chi connectivity index (χ2n) is 12.2. The topological polar surface area (TPSA) is 121 Å². The molecule has 9 nitrogen and oxygen atoms in total. The molecule has 226 valence electrons. The van der Waals surface area contributed by atoms with Crippen LogP contribution in [-0.2, 0) is 9.53 Å². The van der Waals surface area contributed by atoms with E-state index in [1.807, 2.05) is 6.26 Å². The van der Waals surface area contributed by atoms with E-state index in [0.29, 0.717) is 38.6 Å². The zero-order valence-electron chi connectivity index (χ0n) is 26.9. The number of carbonyl (C=O) groups is 2. The SMILES string of the molecule is CSc1ncc(-c2ccc(NC(=O)C(C)N(C)C(=O)OC(C)(C)C)nc2C#C[Si](C(C)C)(C(C)C)C(C)C)c(C#N)n1. The molecule has 0 aromatic carbocycles. The fraction of sp³-hybridized carbons (Fsp3) is 0.548. The van der Waals surface area contributed by atoms with Gasteiger partial charge in [-0.1, -0.05) is 59.2 Å². The van der Waals surface area contributed by atoms with Gasteiger partial charge in [-0.15, -0.1) is 5.54 Å². The van der Waals surface area contributed by atoms with Crippen LogP contribution in [0.15, 0.2) is 23.5 Å². The lowest BCUT2D eigenvalue weighted by Gasteiger charge is -2.38. The molecule has 2 rings (SSSR count). The third-order valence-corrected chi connectivity index (χ3v) is 14.2. The van der Waals surface area contributed by atoms with Crippen molar-refractivity contribution >= 4 is 37.7 Å². The third-order valence-electron chi connectivity index (χ3n) is 7.40. The lowest BCUT2D eigenvalue weighted by atomic mass is 10.0. The number of carbonyl (C=O) groups excluding carboxylic acids is 2. The molecule has 1 unspecified atom stereocenters. The summed E-state index contributed by atoms with van der Waals surface area (Å²) in [6.07, 6.45) is 2.87. The van der Waals surface area contributed by atoms with Crippen molar-refractivity contribution < 1.29 is 14.3 Å². The maximum absolute atomic E-state index is 13.2. The van der Waals surface area contributed by atoms with Gasteiger partial charge in [-0.25, -0.2) is 19.7 Å². The smallest absolute Gasteiger partial charge is 0.410 e. The normalized spacial score (nSPS) is 12.4. The Hall–Kier alpha value is -3.41. The number of thioether (sulfide) groups is 1. The molecule has 0 aliphatic heterocycles. The average Bonchev–Trinajstić information content (AvgIpc) is 2.90. The largest absolute Gasteiger partial charge is 0.444 e. The minimum absolute atomic E-state index is 0.226. The maximum atomic E-state index is 13.2. The molecule has 0 spiro atoms. The molecular weight excluding hydrogens is 565 g/mol. The van der Waals surface area contributed by atoms with Crippen molar-refractivity contribution in [3.8, 4) is 28.7 Å². The van der Waals surface area contributed by atoms with Gasteiger partial charge in [0.1, 0.15) is 37.3 Å². The second kappa shape index (κ2) is 14.2. The summed E-state index contributed by atoms with van der Waals surface area (Å²) < 4.78 is 5.40. The zero-order valence-corrected chi connectivity index (χ0v) is 28.7. The van der Waals surface area contributed by atoms with Crippen LogP contribution in [0.4, 0.5) is 10.6 Å². The molecule has 2 amide bonds. The van der Waals surface area contributed by atoms with E-state index in [2.05, 4.69) is 74.4 Å². The molecule has 0 saturated carbocycles. The van der Waals surface area contributed by atoms with Crippen LogP contribution in [0.25, 0.3) is 11.1 Å². The number of amides is 2. The summed E-state index contributed by atoms with van der Waals surface area (Å²) in [7, 11) is -0.616. The van der Waals surface area contributed by atoms with Crippen LogP contribution < -0.4 is 5.32 Å². The van der Waals surface area contributed by atoms with Gasteiger partial charge in [-0.2, -0.15) is 5.26 Å². The van der Waals surface area contributed by atoms with Crippen LogP contribution >= 0.6 is 11.8 Å². The quantitative estimate of drug-likeness (QED) is 0.149. The summed E-state index contributed by atoms with van der Waals surface area (Å²) in [6.45, 7) is 20.3.